The molecule has 0 aliphatic heterocycles. The Bertz CT molecular complexity index is 405. The summed E-state index contributed by atoms with van der Waals surface area (Å²) >= 11 is 0. The van der Waals surface area contributed by atoms with Gasteiger partial charge in [0.25, 0.3) is 5.91 Å². The molecular formula is C14H25N5O. The Hall–Kier alpha value is -1.69. The van der Waals surface area contributed by atoms with Crippen LogP contribution < -0.4 is 5.32 Å². The van der Waals surface area contributed by atoms with Crippen molar-refractivity contribution in [1.82, 2.24) is 20.0 Å². The maximum atomic E-state index is 12.1. The van der Waals surface area contributed by atoms with Gasteiger partial charge in [-0.25, -0.2) is 0 Å². The fourth-order valence-electron chi connectivity index (χ4n) is 1.64. The molecule has 0 atom stereocenters. The Morgan fingerprint density at radius 2 is 1.95 bits per heavy atom. The monoisotopic (exact) mass is 279 g/mol. The molecule has 0 saturated carbocycles. The molecule has 112 valence electrons. The molecule has 1 heterocycles. The van der Waals surface area contributed by atoms with Gasteiger partial charge >= 0.3 is 0 Å². The van der Waals surface area contributed by atoms with Crippen molar-refractivity contribution in [3.05, 3.63) is 17.8 Å². The molecule has 0 aliphatic rings. The highest BCUT2D eigenvalue weighted by Crippen LogP contribution is 2.05. The molecule has 0 spiro atoms. The fourth-order valence-corrected chi connectivity index (χ4v) is 1.64. The lowest BCUT2D eigenvalue weighted by molar-refractivity contribution is 0.0786. The lowest BCUT2D eigenvalue weighted by Crippen LogP contribution is -2.28. The maximum absolute atomic E-state index is 12.1. The molecule has 0 fully saturated rings. The van der Waals surface area contributed by atoms with Crippen LogP contribution in [0.25, 0.3) is 0 Å². The number of rotatable bonds is 8. The maximum Gasteiger partial charge on any atom is 0.274 e. The van der Waals surface area contributed by atoms with E-state index in [9.17, 15) is 4.79 Å². The summed E-state index contributed by atoms with van der Waals surface area (Å²) in [5, 5.41) is 11.2. The topological polar surface area (TPSA) is 61.4 Å². The second-order valence-corrected chi connectivity index (χ2v) is 5.11. The summed E-state index contributed by atoms with van der Waals surface area (Å²) in [4.78, 5) is 15.8. The summed E-state index contributed by atoms with van der Waals surface area (Å²) in [6.07, 6.45) is 2.07. The van der Waals surface area contributed by atoms with Gasteiger partial charge < -0.3 is 15.1 Å². The fraction of sp³-hybridized carbons (Fsp3) is 0.643. The van der Waals surface area contributed by atoms with Crippen LogP contribution in [0.3, 0.4) is 0 Å². The number of hydrogen-bond donors (Lipinski definition) is 1. The average molecular weight is 279 g/mol. The molecule has 1 aromatic heterocycles. The molecule has 0 aromatic carbocycles. The Kier molecular flexibility index (Phi) is 6.93. The SMILES string of the molecule is CCCCN(C)C(=O)c1ccc(NCCN(C)C)nn1. The molecule has 6 nitrogen and oxygen atoms in total. The first-order chi connectivity index (χ1) is 9.54. The van der Waals surface area contributed by atoms with Gasteiger partial charge in [0, 0.05) is 26.7 Å². The van der Waals surface area contributed by atoms with E-state index >= 15 is 0 Å². The quantitative estimate of drug-likeness (QED) is 0.777. The third-order valence-corrected chi connectivity index (χ3v) is 2.94. The van der Waals surface area contributed by atoms with Gasteiger partial charge in [-0.2, -0.15) is 0 Å². The predicted molar refractivity (Wildman–Crippen MR) is 80.9 cm³/mol. The Balaban J connectivity index is 2.50. The number of nitrogens with one attached hydrogen (secondary N) is 1. The van der Waals surface area contributed by atoms with Crippen molar-refractivity contribution >= 4 is 11.7 Å². The molecule has 6 heteroatoms. The van der Waals surface area contributed by atoms with E-state index in [1.54, 1.807) is 24.1 Å². The van der Waals surface area contributed by atoms with E-state index in [0.717, 1.165) is 32.5 Å². The highest BCUT2D eigenvalue weighted by molar-refractivity contribution is 5.92. The number of likely N-dealkylation sites (N-methyl/N-ethyl adjacent to an activating group) is 1. The van der Waals surface area contributed by atoms with Crippen LogP contribution >= 0.6 is 0 Å². The van der Waals surface area contributed by atoms with Crippen LogP contribution in [0.5, 0.6) is 0 Å². The van der Waals surface area contributed by atoms with Crippen LogP contribution in [0.1, 0.15) is 30.3 Å². The summed E-state index contributed by atoms with van der Waals surface area (Å²) in [6.45, 7) is 4.57. The van der Waals surface area contributed by atoms with Gasteiger partial charge in [-0.15, -0.1) is 10.2 Å². The molecule has 0 saturated heterocycles. The molecule has 1 aromatic rings. The molecule has 1 rings (SSSR count). The van der Waals surface area contributed by atoms with Crippen molar-refractivity contribution in [1.29, 1.82) is 0 Å². The normalized spacial score (nSPS) is 10.7. The van der Waals surface area contributed by atoms with Crippen LogP contribution in [-0.4, -0.2) is 66.7 Å². The van der Waals surface area contributed by atoms with Gasteiger partial charge in [-0.05, 0) is 32.6 Å². The van der Waals surface area contributed by atoms with Crippen molar-refractivity contribution in [3.8, 4) is 0 Å². The summed E-state index contributed by atoms with van der Waals surface area (Å²) < 4.78 is 0. The van der Waals surface area contributed by atoms with Crippen molar-refractivity contribution in [3.63, 3.8) is 0 Å². The second kappa shape index (κ2) is 8.47. The van der Waals surface area contributed by atoms with E-state index in [1.165, 1.54) is 0 Å². The Morgan fingerprint density at radius 3 is 2.50 bits per heavy atom. The van der Waals surface area contributed by atoms with E-state index < -0.39 is 0 Å². The highest BCUT2D eigenvalue weighted by atomic mass is 16.2. The largest absolute Gasteiger partial charge is 0.367 e. The van der Waals surface area contributed by atoms with Crippen LogP contribution in [0.15, 0.2) is 12.1 Å². The van der Waals surface area contributed by atoms with Crippen LogP contribution in [0, 0.1) is 0 Å². The second-order valence-electron chi connectivity index (χ2n) is 5.11. The Labute approximate surface area is 121 Å². The van der Waals surface area contributed by atoms with Gasteiger partial charge in [-0.3, -0.25) is 4.79 Å². The summed E-state index contributed by atoms with van der Waals surface area (Å²) in [6, 6.07) is 3.51. The van der Waals surface area contributed by atoms with E-state index in [0.29, 0.717) is 11.5 Å². The summed E-state index contributed by atoms with van der Waals surface area (Å²) in [7, 11) is 5.82. The van der Waals surface area contributed by atoms with Gasteiger partial charge in [0.1, 0.15) is 5.82 Å². The standard InChI is InChI=1S/C14H25N5O/c1-5-6-10-19(4)14(20)12-7-8-13(17-16-12)15-9-11-18(2)3/h7-8H,5-6,9-11H2,1-4H3,(H,15,17). The number of anilines is 1. The minimum absolute atomic E-state index is 0.0780. The molecule has 0 aliphatic carbocycles. The first kappa shape index (κ1) is 16.4. The van der Waals surface area contributed by atoms with E-state index in [4.69, 9.17) is 0 Å². The minimum atomic E-state index is -0.0780. The molecule has 1 amide bonds. The van der Waals surface area contributed by atoms with E-state index in [1.807, 2.05) is 14.1 Å². The number of hydrogen-bond acceptors (Lipinski definition) is 5. The summed E-state index contributed by atoms with van der Waals surface area (Å²) in [5.41, 5.74) is 0.391. The van der Waals surface area contributed by atoms with Crippen molar-refractivity contribution < 1.29 is 4.79 Å². The smallest absolute Gasteiger partial charge is 0.274 e. The van der Waals surface area contributed by atoms with Crippen molar-refractivity contribution in [2.24, 2.45) is 0 Å². The predicted octanol–water partition coefficient (Wildman–Crippen LogP) is 1.32. The molecule has 20 heavy (non-hydrogen) atoms. The Morgan fingerprint density at radius 1 is 1.20 bits per heavy atom. The molecular weight excluding hydrogens is 254 g/mol. The lowest BCUT2D eigenvalue weighted by Gasteiger charge is -2.16. The zero-order valence-corrected chi connectivity index (χ0v) is 12.9. The third kappa shape index (κ3) is 5.52. The highest BCUT2D eigenvalue weighted by Gasteiger charge is 2.13. The van der Waals surface area contributed by atoms with Crippen molar-refractivity contribution in [2.75, 3.05) is 46.1 Å². The van der Waals surface area contributed by atoms with Crippen LogP contribution in [-0.2, 0) is 0 Å². The first-order valence-electron chi connectivity index (χ1n) is 7.02. The molecule has 0 unspecified atom stereocenters. The van der Waals surface area contributed by atoms with Gasteiger partial charge in [-0.1, -0.05) is 13.3 Å². The molecule has 1 N–H and O–H groups in total. The third-order valence-electron chi connectivity index (χ3n) is 2.94. The number of carbonyl (C=O) groups excluding carboxylic acids is 1. The van der Waals surface area contributed by atoms with E-state index in [2.05, 4.69) is 27.3 Å². The number of unbranched alkanes of at least 4 members (excludes halogenated alkanes) is 1. The van der Waals surface area contributed by atoms with Crippen LogP contribution in [0.4, 0.5) is 5.82 Å². The molecule has 0 bridgehead atoms. The first-order valence-corrected chi connectivity index (χ1v) is 7.02. The number of carbonyl (C=O) groups is 1. The number of amides is 1. The lowest BCUT2D eigenvalue weighted by atomic mass is 10.3. The minimum Gasteiger partial charge on any atom is -0.367 e. The van der Waals surface area contributed by atoms with Gasteiger partial charge in [0.05, 0.1) is 0 Å². The number of aromatic nitrogens is 2. The molecule has 0 radical (unpaired) electrons. The summed E-state index contributed by atoms with van der Waals surface area (Å²) in [5.74, 6) is 0.616. The van der Waals surface area contributed by atoms with E-state index in [-0.39, 0.29) is 5.91 Å². The average Bonchev–Trinajstić information content (AvgIpc) is 2.44. The number of nitrogens with zero attached hydrogens (tertiary/aromatic N) is 4. The zero-order chi connectivity index (χ0) is 15.0. The van der Waals surface area contributed by atoms with Crippen molar-refractivity contribution in [2.45, 2.75) is 19.8 Å². The van der Waals surface area contributed by atoms with Crippen LogP contribution in [0.2, 0.25) is 0 Å². The van der Waals surface area contributed by atoms with Gasteiger partial charge in [0.2, 0.25) is 0 Å². The van der Waals surface area contributed by atoms with Gasteiger partial charge in [0.15, 0.2) is 5.69 Å². The zero-order valence-electron chi connectivity index (χ0n) is 12.9.